The highest BCUT2D eigenvalue weighted by molar-refractivity contribution is 8.01. The van der Waals surface area contributed by atoms with Crippen LogP contribution < -0.4 is 5.32 Å². The Labute approximate surface area is 112 Å². The lowest BCUT2D eigenvalue weighted by Gasteiger charge is -2.05. The van der Waals surface area contributed by atoms with Gasteiger partial charge in [0.05, 0.1) is 4.92 Å². The monoisotopic (exact) mass is 282 g/mol. The van der Waals surface area contributed by atoms with Crippen LogP contribution in [-0.4, -0.2) is 21.7 Å². The van der Waals surface area contributed by atoms with Crippen molar-refractivity contribution >= 4 is 34.5 Å². The van der Waals surface area contributed by atoms with Gasteiger partial charge in [-0.1, -0.05) is 23.1 Å². The standard InChI is InChI=1S/C10H10N4O2S2/c1-2-11-7-3-8(14(15)16)5-9(4-7)18-10-13-12-6-17-10/h3-6,11H,2H2,1H3. The van der Waals surface area contributed by atoms with E-state index >= 15 is 0 Å². The van der Waals surface area contributed by atoms with E-state index in [0.29, 0.717) is 6.54 Å². The molecule has 1 heterocycles. The third-order valence-corrected chi connectivity index (χ3v) is 3.78. The Hall–Kier alpha value is -1.67. The highest BCUT2D eigenvalue weighted by atomic mass is 32.2. The van der Waals surface area contributed by atoms with E-state index in [2.05, 4.69) is 15.5 Å². The minimum absolute atomic E-state index is 0.0699. The van der Waals surface area contributed by atoms with Gasteiger partial charge in [-0.2, -0.15) is 0 Å². The largest absolute Gasteiger partial charge is 0.385 e. The van der Waals surface area contributed by atoms with Gasteiger partial charge in [0.2, 0.25) is 0 Å². The number of nitro benzene ring substituents is 1. The van der Waals surface area contributed by atoms with E-state index < -0.39 is 4.92 Å². The van der Waals surface area contributed by atoms with Crippen LogP contribution in [0.2, 0.25) is 0 Å². The number of nitro groups is 1. The molecule has 0 spiro atoms. The predicted molar refractivity (Wildman–Crippen MR) is 71.3 cm³/mol. The van der Waals surface area contributed by atoms with Crippen molar-refractivity contribution in [1.29, 1.82) is 0 Å². The lowest BCUT2D eigenvalue weighted by Crippen LogP contribution is -1.98. The predicted octanol–water partition coefficient (Wildman–Crippen LogP) is 3.03. The number of anilines is 1. The van der Waals surface area contributed by atoms with Crippen LogP contribution in [0.25, 0.3) is 0 Å². The lowest BCUT2D eigenvalue weighted by atomic mass is 10.3. The van der Waals surface area contributed by atoms with E-state index in [9.17, 15) is 10.1 Å². The van der Waals surface area contributed by atoms with Crippen molar-refractivity contribution in [2.24, 2.45) is 0 Å². The normalized spacial score (nSPS) is 10.3. The van der Waals surface area contributed by atoms with E-state index in [-0.39, 0.29) is 5.69 Å². The fraction of sp³-hybridized carbons (Fsp3) is 0.200. The molecule has 0 aliphatic heterocycles. The van der Waals surface area contributed by atoms with Gasteiger partial charge in [-0.25, -0.2) is 0 Å². The lowest BCUT2D eigenvalue weighted by molar-refractivity contribution is -0.385. The van der Waals surface area contributed by atoms with Crippen molar-refractivity contribution in [1.82, 2.24) is 10.2 Å². The molecule has 0 unspecified atom stereocenters. The average Bonchev–Trinajstić information content (AvgIpc) is 2.82. The highest BCUT2D eigenvalue weighted by Crippen LogP contribution is 2.33. The first kappa shape index (κ1) is 12.8. The van der Waals surface area contributed by atoms with Crippen molar-refractivity contribution < 1.29 is 4.92 Å². The fourth-order valence-electron chi connectivity index (χ4n) is 1.36. The number of nitrogens with zero attached hydrogens (tertiary/aromatic N) is 3. The molecule has 6 nitrogen and oxygen atoms in total. The zero-order valence-corrected chi connectivity index (χ0v) is 11.1. The molecule has 2 aromatic rings. The third kappa shape index (κ3) is 3.17. The Balaban J connectivity index is 2.30. The smallest absolute Gasteiger partial charge is 0.272 e. The number of nitrogens with one attached hydrogen (secondary N) is 1. The zero-order valence-electron chi connectivity index (χ0n) is 9.49. The van der Waals surface area contributed by atoms with Crippen LogP contribution in [-0.2, 0) is 0 Å². The average molecular weight is 282 g/mol. The van der Waals surface area contributed by atoms with Gasteiger partial charge < -0.3 is 5.32 Å². The summed E-state index contributed by atoms with van der Waals surface area (Å²) < 4.78 is 0.762. The summed E-state index contributed by atoms with van der Waals surface area (Å²) in [5.74, 6) is 0. The van der Waals surface area contributed by atoms with E-state index in [1.807, 2.05) is 13.0 Å². The SMILES string of the molecule is CCNc1cc(Sc2nncs2)cc([N+](=O)[O-])c1. The summed E-state index contributed by atoms with van der Waals surface area (Å²) in [5, 5.41) is 21.6. The molecule has 0 aliphatic carbocycles. The number of rotatable bonds is 5. The van der Waals surface area contributed by atoms with Gasteiger partial charge in [0.25, 0.3) is 5.69 Å². The molecule has 1 aromatic heterocycles. The second kappa shape index (κ2) is 5.78. The van der Waals surface area contributed by atoms with Crippen LogP contribution in [0.15, 0.2) is 32.9 Å². The van der Waals surface area contributed by atoms with Crippen molar-refractivity contribution in [3.05, 3.63) is 33.8 Å². The fourth-order valence-corrected chi connectivity index (χ4v) is 2.91. The van der Waals surface area contributed by atoms with Crippen molar-refractivity contribution in [3.63, 3.8) is 0 Å². The first-order valence-corrected chi connectivity index (χ1v) is 6.86. The Bertz CT molecular complexity index is 545. The molecule has 8 heteroatoms. The Morgan fingerprint density at radius 3 is 2.94 bits per heavy atom. The zero-order chi connectivity index (χ0) is 13.0. The molecular weight excluding hydrogens is 272 g/mol. The van der Waals surface area contributed by atoms with Gasteiger partial charge in [0.1, 0.15) is 5.51 Å². The van der Waals surface area contributed by atoms with Crippen LogP contribution in [0.3, 0.4) is 0 Å². The van der Waals surface area contributed by atoms with E-state index in [1.54, 1.807) is 5.51 Å². The topological polar surface area (TPSA) is 81.0 Å². The number of non-ortho nitro benzene ring substituents is 1. The summed E-state index contributed by atoms with van der Waals surface area (Å²) in [6.07, 6.45) is 0. The van der Waals surface area contributed by atoms with Crippen LogP contribution >= 0.6 is 23.1 Å². The molecule has 1 aromatic carbocycles. The summed E-state index contributed by atoms with van der Waals surface area (Å²) in [6.45, 7) is 2.65. The van der Waals surface area contributed by atoms with Crippen molar-refractivity contribution in [2.75, 3.05) is 11.9 Å². The van der Waals surface area contributed by atoms with Crippen LogP contribution in [0, 0.1) is 10.1 Å². The molecule has 0 amide bonds. The molecule has 0 aliphatic rings. The maximum atomic E-state index is 10.9. The Kier molecular flexibility index (Phi) is 4.11. The number of aromatic nitrogens is 2. The maximum absolute atomic E-state index is 10.9. The molecule has 0 saturated heterocycles. The maximum Gasteiger partial charge on any atom is 0.272 e. The van der Waals surface area contributed by atoms with Crippen LogP contribution in [0.5, 0.6) is 0 Å². The Morgan fingerprint density at radius 2 is 2.33 bits per heavy atom. The molecule has 0 fully saturated rings. The van der Waals surface area contributed by atoms with Crippen molar-refractivity contribution in [3.8, 4) is 0 Å². The molecule has 1 N–H and O–H groups in total. The molecule has 0 saturated carbocycles. The van der Waals surface area contributed by atoms with Crippen molar-refractivity contribution in [2.45, 2.75) is 16.2 Å². The molecular formula is C10H10N4O2S2. The second-order valence-corrected chi connectivity index (χ2v) is 5.46. The number of hydrogen-bond donors (Lipinski definition) is 1. The van der Waals surface area contributed by atoms with E-state index in [1.165, 1.54) is 35.2 Å². The number of hydrogen-bond acceptors (Lipinski definition) is 7. The van der Waals surface area contributed by atoms with Gasteiger partial charge in [-0.15, -0.1) is 10.2 Å². The van der Waals surface area contributed by atoms with Gasteiger partial charge in [-0.05, 0) is 13.0 Å². The summed E-state index contributed by atoms with van der Waals surface area (Å²) in [5.41, 5.74) is 2.43. The number of benzene rings is 1. The molecule has 18 heavy (non-hydrogen) atoms. The van der Waals surface area contributed by atoms with Gasteiger partial charge in [0, 0.05) is 29.3 Å². The molecule has 0 radical (unpaired) electrons. The van der Waals surface area contributed by atoms with Gasteiger partial charge in [0.15, 0.2) is 4.34 Å². The highest BCUT2D eigenvalue weighted by Gasteiger charge is 2.11. The molecule has 0 atom stereocenters. The molecule has 94 valence electrons. The third-order valence-electron chi connectivity index (χ3n) is 2.03. The quantitative estimate of drug-likeness (QED) is 0.670. The van der Waals surface area contributed by atoms with Gasteiger partial charge in [-0.3, -0.25) is 10.1 Å². The molecule has 0 bridgehead atoms. The summed E-state index contributed by atoms with van der Waals surface area (Å²) >= 11 is 2.77. The summed E-state index contributed by atoms with van der Waals surface area (Å²) in [6, 6.07) is 4.92. The Morgan fingerprint density at radius 1 is 1.50 bits per heavy atom. The van der Waals surface area contributed by atoms with E-state index in [4.69, 9.17) is 0 Å². The summed E-state index contributed by atoms with van der Waals surface area (Å²) in [4.78, 5) is 11.2. The van der Waals surface area contributed by atoms with Crippen LogP contribution in [0.1, 0.15) is 6.92 Å². The second-order valence-electron chi connectivity index (χ2n) is 3.31. The summed E-state index contributed by atoms with van der Waals surface area (Å²) in [7, 11) is 0. The first-order valence-electron chi connectivity index (χ1n) is 5.16. The minimum Gasteiger partial charge on any atom is -0.385 e. The van der Waals surface area contributed by atoms with E-state index in [0.717, 1.165) is 14.9 Å². The molecule has 2 rings (SSSR count). The van der Waals surface area contributed by atoms with Gasteiger partial charge >= 0.3 is 0 Å². The minimum atomic E-state index is -0.398. The van der Waals surface area contributed by atoms with Crippen LogP contribution in [0.4, 0.5) is 11.4 Å². The first-order chi connectivity index (χ1) is 8.69.